The lowest BCUT2D eigenvalue weighted by atomic mass is 10.1. The molecular weight excluding hydrogens is 410 g/mol. The topological polar surface area (TPSA) is 68.6 Å². The van der Waals surface area contributed by atoms with Crippen LogP contribution < -0.4 is 5.56 Å². The second-order valence-corrected chi connectivity index (χ2v) is 8.66. The predicted molar refractivity (Wildman–Crippen MR) is 120 cm³/mol. The minimum atomic E-state index is -0.165. The van der Waals surface area contributed by atoms with Crippen molar-refractivity contribution in [3.63, 3.8) is 0 Å². The summed E-state index contributed by atoms with van der Waals surface area (Å²) in [7, 11) is 0. The van der Waals surface area contributed by atoms with Gasteiger partial charge in [0, 0.05) is 40.3 Å². The Morgan fingerprint density at radius 2 is 1.81 bits per heavy atom. The first-order valence-electron chi connectivity index (χ1n) is 10.4. The number of nitrogens with zero attached hydrogens (tertiary/aromatic N) is 2. The van der Waals surface area contributed by atoms with E-state index in [1.54, 1.807) is 24.0 Å². The molecule has 7 heteroatoms. The summed E-state index contributed by atoms with van der Waals surface area (Å²) in [6, 6.07) is 20.1. The second kappa shape index (κ2) is 9.09. The summed E-state index contributed by atoms with van der Waals surface area (Å²) in [6.07, 6.45) is 3.68. The van der Waals surface area contributed by atoms with Gasteiger partial charge in [-0.25, -0.2) is 0 Å². The second-order valence-electron chi connectivity index (χ2n) is 7.51. The van der Waals surface area contributed by atoms with Gasteiger partial charge in [-0.1, -0.05) is 42.1 Å². The van der Waals surface area contributed by atoms with E-state index in [0.717, 1.165) is 47.8 Å². The number of benzene rings is 2. The molecule has 0 spiro atoms. The zero-order valence-electron chi connectivity index (χ0n) is 17.0. The molecule has 0 amide bonds. The number of rotatable bonds is 6. The Labute approximate surface area is 184 Å². The summed E-state index contributed by atoms with van der Waals surface area (Å²) in [4.78, 5) is 18.3. The molecule has 3 heterocycles. The fourth-order valence-corrected chi connectivity index (χ4v) is 4.54. The molecule has 1 aliphatic heterocycles. The van der Waals surface area contributed by atoms with Gasteiger partial charge in [-0.3, -0.25) is 4.79 Å². The maximum absolute atomic E-state index is 12.6. The molecule has 1 N–H and O–H groups in total. The van der Waals surface area contributed by atoms with Crippen LogP contribution in [0.25, 0.3) is 16.8 Å². The summed E-state index contributed by atoms with van der Waals surface area (Å²) in [6.45, 7) is 1.82. The molecule has 0 saturated carbocycles. The summed E-state index contributed by atoms with van der Waals surface area (Å²) >= 11 is 1.72. The molecular formula is C24H23N3O3S. The molecule has 2 aromatic carbocycles. The predicted octanol–water partition coefficient (Wildman–Crippen LogP) is 4.54. The molecule has 6 nitrogen and oxygen atoms in total. The molecule has 0 atom stereocenters. The smallest absolute Gasteiger partial charge is 0.274 e. The van der Waals surface area contributed by atoms with Crippen molar-refractivity contribution in [1.29, 1.82) is 0 Å². The van der Waals surface area contributed by atoms with Crippen molar-refractivity contribution in [1.82, 2.24) is 14.6 Å². The molecule has 158 valence electrons. The lowest BCUT2D eigenvalue weighted by molar-refractivity contribution is -0.0399. The van der Waals surface area contributed by atoms with Crippen LogP contribution in [-0.2, 0) is 16.1 Å². The normalized spacial score (nSPS) is 14.8. The number of hydrogen-bond donors (Lipinski definition) is 1. The number of hydrogen-bond acceptors (Lipinski definition) is 5. The van der Waals surface area contributed by atoms with Crippen molar-refractivity contribution in [2.75, 3.05) is 13.2 Å². The van der Waals surface area contributed by atoms with Crippen molar-refractivity contribution in [3.05, 3.63) is 82.9 Å². The van der Waals surface area contributed by atoms with Crippen molar-refractivity contribution >= 4 is 17.4 Å². The van der Waals surface area contributed by atoms with Crippen LogP contribution in [-0.4, -0.2) is 33.9 Å². The van der Waals surface area contributed by atoms with Crippen molar-refractivity contribution < 1.29 is 9.47 Å². The van der Waals surface area contributed by atoms with Crippen LogP contribution in [0.2, 0.25) is 0 Å². The molecule has 1 saturated heterocycles. The van der Waals surface area contributed by atoms with Gasteiger partial charge >= 0.3 is 0 Å². The lowest BCUT2D eigenvalue weighted by Gasteiger charge is -2.22. The van der Waals surface area contributed by atoms with E-state index in [4.69, 9.17) is 9.47 Å². The lowest BCUT2D eigenvalue weighted by Crippen LogP contribution is -2.24. The standard InChI is InChI=1S/C24H23N3O3S/c28-23-14-18(16-30-19-10-12-29-13-11-19)26-24-22(15-25-27(23)24)17-6-8-21(9-7-17)31-20-4-2-1-3-5-20/h1-9,14-15,19,26H,10-13,16H2. The molecule has 4 aromatic rings. The van der Waals surface area contributed by atoms with E-state index in [1.807, 2.05) is 18.2 Å². The average Bonchev–Trinajstić information content (AvgIpc) is 3.24. The van der Waals surface area contributed by atoms with Crippen molar-refractivity contribution in [3.8, 4) is 11.1 Å². The van der Waals surface area contributed by atoms with Crippen LogP contribution in [0.15, 0.2) is 81.4 Å². The van der Waals surface area contributed by atoms with Gasteiger partial charge in [0.2, 0.25) is 0 Å². The van der Waals surface area contributed by atoms with E-state index < -0.39 is 0 Å². The van der Waals surface area contributed by atoms with Gasteiger partial charge in [0.15, 0.2) is 0 Å². The highest BCUT2D eigenvalue weighted by molar-refractivity contribution is 7.99. The Morgan fingerprint density at radius 3 is 2.58 bits per heavy atom. The van der Waals surface area contributed by atoms with E-state index in [0.29, 0.717) is 12.3 Å². The van der Waals surface area contributed by atoms with Gasteiger partial charge in [0.1, 0.15) is 5.65 Å². The highest BCUT2D eigenvalue weighted by Gasteiger charge is 2.16. The van der Waals surface area contributed by atoms with Crippen LogP contribution in [0.4, 0.5) is 0 Å². The summed E-state index contributed by atoms with van der Waals surface area (Å²) in [5.74, 6) is 0. The van der Waals surface area contributed by atoms with E-state index in [-0.39, 0.29) is 11.7 Å². The molecule has 0 radical (unpaired) electrons. The zero-order valence-corrected chi connectivity index (χ0v) is 17.8. The van der Waals surface area contributed by atoms with Gasteiger partial charge in [-0.05, 0) is 42.7 Å². The van der Waals surface area contributed by atoms with E-state index in [9.17, 15) is 4.79 Å². The summed E-state index contributed by atoms with van der Waals surface area (Å²) in [5.41, 5.74) is 3.16. The number of aromatic nitrogens is 3. The minimum absolute atomic E-state index is 0.165. The molecule has 0 aliphatic carbocycles. The Morgan fingerprint density at radius 1 is 1.06 bits per heavy atom. The molecule has 1 aliphatic rings. The first-order chi connectivity index (χ1) is 15.3. The molecule has 5 rings (SSSR count). The van der Waals surface area contributed by atoms with Gasteiger partial charge in [-0.2, -0.15) is 9.61 Å². The number of aromatic amines is 1. The van der Waals surface area contributed by atoms with Gasteiger partial charge < -0.3 is 14.5 Å². The van der Waals surface area contributed by atoms with E-state index in [1.165, 1.54) is 9.41 Å². The third-order valence-corrected chi connectivity index (χ3v) is 6.36. The monoisotopic (exact) mass is 433 g/mol. The Hall–Kier alpha value is -2.87. The Kier molecular flexibility index (Phi) is 5.88. The van der Waals surface area contributed by atoms with Gasteiger partial charge in [-0.15, -0.1) is 0 Å². The largest absolute Gasteiger partial charge is 0.381 e. The number of ether oxygens (including phenoxy) is 2. The SMILES string of the molecule is O=c1cc(COC2CCOCC2)[nH]c2c(-c3ccc(Sc4ccccc4)cc3)cnn12. The Bertz CT molecular complexity index is 1210. The third kappa shape index (κ3) is 4.58. The Balaban J connectivity index is 1.38. The third-order valence-electron chi connectivity index (χ3n) is 5.34. The van der Waals surface area contributed by atoms with Crippen LogP contribution >= 0.6 is 11.8 Å². The summed E-state index contributed by atoms with van der Waals surface area (Å²) < 4.78 is 12.8. The highest BCUT2D eigenvalue weighted by atomic mass is 32.2. The maximum atomic E-state index is 12.6. The quantitative estimate of drug-likeness (QED) is 0.484. The fraction of sp³-hybridized carbons (Fsp3) is 0.250. The summed E-state index contributed by atoms with van der Waals surface area (Å²) in [5, 5.41) is 4.29. The van der Waals surface area contributed by atoms with Crippen molar-refractivity contribution in [2.45, 2.75) is 35.3 Å². The van der Waals surface area contributed by atoms with Crippen LogP contribution in [0.1, 0.15) is 18.5 Å². The van der Waals surface area contributed by atoms with E-state index in [2.05, 4.69) is 46.5 Å². The van der Waals surface area contributed by atoms with Crippen LogP contribution in [0.3, 0.4) is 0 Å². The molecule has 1 fully saturated rings. The maximum Gasteiger partial charge on any atom is 0.274 e. The molecule has 0 bridgehead atoms. The minimum Gasteiger partial charge on any atom is -0.381 e. The average molecular weight is 434 g/mol. The zero-order chi connectivity index (χ0) is 21.0. The first-order valence-corrected chi connectivity index (χ1v) is 11.2. The van der Waals surface area contributed by atoms with Crippen molar-refractivity contribution in [2.24, 2.45) is 0 Å². The van der Waals surface area contributed by atoms with E-state index >= 15 is 0 Å². The van der Waals surface area contributed by atoms with Crippen LogP contribution in [0, 0.1) is 0 Å². The molecule has 0 unspecified atom stereocenters. The first kappa shape index (κ1) is 20.1. The van der Waals surface area contributed by atoms with Crippen LogP contribution in [0.5, 0.6) is 0 Å². The van der Waals surface area contributed by atoms with Gasteiger partial charge in [0.25, 0.3) is 5.56 Å². The number of H-pyrrole nitrogens is 1. The van der Waals surface area contributed by atoms with Gasteiger partial charge in [0.05, 0.1) is 18.9 Å². The number of fused-ring (bicyclic) bond motifs is 1. The fourth-order valence-electron chi connectivity index (χ4n) is 3.70. The number of nitrogens with one attached hydrogen (secondary N) is 1. The molecule has 31 heavy (non-hydrogen) atoms. The highest BCUT2D eigenvalue weighted by Crippen LogP contribution is 2.30. The molecule has 2 aromatic heterocycles.